The molecule has 0 aliphatic carbocycles. The summed E-state index contributed by atoms with van der Waals surface area (Å²) in [6.07, 6.45) is 2.95. The van der Waals surface area contributed by atoms with Crippen molar-refractivity contribution < 1.29 is 5.11 Å². The van der Waals surface area contributed by atoms with Crippen LogP contribution in [0, 0.1) is 0 Å². The molecule has 0 fully saturated rings. The molecule has 2 aromatic heterocycles. The van der Waals surface area contributed by atoms with E-state index in [1.54, 1.807) is 18.2 Å². The van der Waals surface area contributed by atoms with Gasteiger partial charge < -0.3 is 10.1 Å². The molecule has 0 spiro atoms. The Bertz CT molecular complexity index is 952. The monoisotopic (exact) mass is 300 g/mol. The summed E-state index contributed by atoms with van der Waals surface area (Å²) >= 11 is 5.87. The quantitative estimate of drug-likeness (QED) is 0.722. The molecule has 0 saturated carbocycles. The van der Waals surface area contributed by atoms with Crippen LogP contribution in [0.2, 0.25) is 5.02 Å². The molecule has 21 heavy (non-hydrogen) atoms. The van der Waals surface area contributed by atoms with Gasteiger partial charge in [-0.25, -0.2) is 0 Å². The molecule has 0 saturated heterocycles. The van der Waals surface area contributed by atoms with Gasteiger partial charge in [0.25, 0.3) is 5.56 Å². The first-order chi connectivity index (χ1) is 10.1. The number of aromatic amines is 1. The van der Waals surface area contributed by atoms with Crippen molar-refractivity contribution in [1.82, 2.24) is 9.97 Å². The zero-order valence-corrected chi connectivity index (χ0v) is 11.4. The normalized spacial score (nSPS) is 10.7. The maximum Gasteiger partial charge on any atom is 0.291 e. The molecule has 0 aliphatic heterocycles. The predicted octanol–water partition coefficient (Wildman–Crippen LogP) is 2.31. The second-order valence-corrected chi connectivity index (χ2v) is 4.87. The summed E-state index contributed by atoms with van der Waals surface area (Å²) in [5.41, 5.74) is -0.670. The van der Waals surface area contributed by atoms with Gasteiger partial charge in [-0.05, 0) is 24.3 Å². The Labute approximate surface area is 123 Å². The minimum atomic E-state index is -0.761. The second-order valence-electron chi connectivity index (χ2n) is 4.44. The van der Waals surface area contributed by atoms with Gasteiger partial charge in [0.15, 0.2) is 11.2 Å². The Balaban J connectivity index is 2.55. The zero-order chi connectivity index (χ0) is 15.0. The van der Waals surface area contributed by atoms with E-state index in [0.29, 0.717) is 10.6 Å². The summed E-state index contributed by atoms with van der Waals surface area (Å²) in [6.45, 7) is 0. The summed E-state index contributed by atoms with van der Waals surface area (Å²) in [6, 6.07) is 7.74. The highest BCUT2D eigenvalue weighted by Gasteiger charge is 2.14. The van der Waals surface area contributed by atoms with Crippen LogP contribution in [0.5, 0.6) is 5.75 Å². The van der Waals surface area contributed by atoms with Crippen LogP contribution in [0.4, 0.5) is 0 Å². The molecule has 0 radical (unpaired) electrons. The molecule has 0 amide bonds. The van der Waals surface area contributed by atoms with E-state index >= 15 is 0 Å². The number of hydrogen-bond donors (Lipinski definition) is 2. The van der Waals surface area contributed by atoms with Gasteiger partial charge in [0.2, 0.25) is 0 Å². The van der Waals surface area contributed by atoms with Crippen LogP contribution in [0.1, 0.15) is 0 Å². The number of nitrogens with one attached hydrogen (secondary N) is 1. The number of hydrogen-bond acceptors (Lipinski definition) is 4. The molecular weight excluding hydrogens is 292 g/mol. The number of aromatic hydroxyl groups is 1. The van der Waals surface area contributed by atoms with Crippen molar-refractivity contribution >= 4 is 22.5 Å². The molecule has 0 aliphatic rings. The lowest BCUT2D eigenvalue weighted by Crippen LogP contribution is -2.05. The van der Waals surface area contributed by atoms with E-state index < -0.39 is 16.7 Å². The third-order valence-corrected chi connectivity index (χ3v) is 3.34. The third kappa shape index (κ3) is 2.28. The van der Waals surface area contributed by atoms with Crippen LogP contribution in [0.3, 0.4) is 0 Å². The number of fused-ring (bicyclic) bond motifs is 1. The number of halogens is 1. The molecule has 0 atom stereocenters. The van der Waals surface area contributed by atoms with E-state index in [1.165, 1.54) is 24.5 Å². The fourth-order valence-corrected chi connectivity index (χ4v) is 2.31. The van der Waals surface area contributed by atoms with Crippen molar-refractivity contribution in [2.24, 2.45) is 0 Å². The summed E-state index contributed by atoms with van der Waals surface area (Å²) in [5.74, 6) is -0.639. The van der Waals surface area contributed by atoms with Crippen LogP contribution in [-0.2, 0) is 0 Å². The Morgan fingerprint density at radius 3 is 2.71 bits per heavy atom. The smallest absolute Gasteiger partial charge is 0.291 e. The maximum atomic E-state index is 12.6. The van der Waals surface area contributed by atoms with Crippen molar-refractivity contribution in [1.29, 1.82) is 0 Å². The fourth-order valence-electron chi connectivity index (χ4n) is 2.13. The SMILES string of the molecule is O=c1[nH]c2cc(Cl)ccc2c(=O)c(-c2cccnc2)c1O. The van der Waals surface area contributed by atoms with Crippen LogP contribution >= 0.6 is 11.6 Å². The van der Waals surface area contributed by atoms with E-state index in [2.05, 4.69) is 9.97 Å². The molecule has 104 valence electrons. The van der Waals surface area contributed by atoms with Gasteiger partial charge in [-0.15, -0.1) is 0 Å². The van der Waals surface area contributed by atoms with Crippen molar-refractivity contribution in [3.05, 3.63) is 68.3 Å². The standard InChI is InChI=1S/C15H9ClN2O3/c16-9-3-4-10-11(6-9)18-15(21)14(20)12(13(10)19)8-2-1-5-17-7-8/h1-7,20H,(H,18,21). The lowest BCUT2D eigenvalue weighted by Gasteiger charge is -1.98. The van der Waals surface area contributed by atoms with Gasteiger partial charge in [0.1, 0.15) is 0 Å². The van der Waals surface area contributed by atoms with Crippen molar-refractivity contribution in [3.8, 4) is 16.9 Å². The summed E-state index contributed by atoms with van der Waals surface area (Å²) in [4.78, 5) is 31.0. The molecule has 5 nitrogen and oxygen atoms in total. The van der Waals surface area contributed by atoms with Crippen molar-refractivity contribution in [2.75, 3.05) is 0 Å². The highest BCUT2D eigenvalue weighted by atomic mass is 35.5. The van der Waals surface area contributed by atoms with E-state index in [0.717, 1.165) is 0 Å². The van der Waals surface area contributed by atoms with Gasteiger partial charge in [0.05, 0.1) is 11.1 Å². The van der Waals surface area contributed by atoms with Crippen LogP contribution < -0.4 is 11.0 Å². The molecule has 0 bridgehead atoms. The van der Waals surface area contributed by atoms with Gasteiger partial charge in [-0.2, -0.15) is 0 Å². The number of H-pyrrole nitrogens is 1. The number of pyridine rings is 1. The van der Waals surface area contributed by atoms with Crippen LogP contribution in [0.25, 0.3) is 22.0 Å². The molecule has 0 unspecified atom stereocenters. The van der Waals surface area contributed by atoms with Crippen molar-refractivity contribution in [2.45, 2.75) is 0 Å². The molecule has 3 aromatic rings. The Morgan fingerprint density at radius 1 is 1.19 bits per heavy atom. The first-order valence-electron chi connectivity index (χ1n) is 6.07. The van der Waals surface area contributed by atoms with E-state index in [4.69, 9.17) is 11.6 Å². The average Bonchev–Trinajstić information content (AvgIpc) is 2.56. The number of benzene rings is 1. The number of rotatable bonds is 1. The van der Waals surface area contributed by atoms with Crippen LogP contribution in [0.15, 0.2) is 52.3 Å². The predicted molar refractivity (Wildman–Crippen MR) is 80.7 cm³/mol. The van der Waals surface area contributed by atoms with Gasteiger partial charge >= 0.3 is 0 Å². The summed E-state index contributed by atoms with van der Waals surface area (Å²) in [5, 5.41) is 10.7. The summed E-state index contributed by atoms with van der Waals surface area (Å²) in [7, 11) is 0. The number of aromatic nitrogens is 2. The molecule has 6 heteroatoms. The molecule has 2 N–H and O–H groups in total. The minimum Gasteiger partial charge on any atom is -0.502 e. The Kier molecular flexibility index (Phi) is 3.19. The van der Waals surface area contributed by atoms with E-state index in [-0.39, 0.29) is 16.5 Å². The lowest BCUT2D eigenvalue weighted by molar-refractivity contribution is 0.470. The minimum absolute atomic E-state index is 0.0818. The second kappa shape index (κ2) is 5.03. The fraction of sp³-hybridized carbons (Fsp3) is 0. The molecule has 1 aromatic carbocycles. The van der Waals surface area contributed by atoms with Gasteiger partial charge in [0, 0.05) is 28.4 Å². The highest BCUT2D eigenvalue weighted by Crippen LogP contribution is 2.23. The van der Waals surface area contributed by atoms with E-state index in [1.807, 2.05) is 0 Å². The summed E-state index contributed by atoms with van der Waals surface area (Å²) < 4.78 is 0. The lowest BCUT2D eigenvalue weighted by atomic mass is 10.1. The largest absolute Gasteiger partial charge is 0.502 e. The topological polar surface area (TPSA) is 83.0 Å². The van der Waals surface area contributed by atoms with Crippen molar-refractivity contribution in [3.63, 3.8) is 0 Å². The van der Waals surface area contributed by atoms with E-state index in [9.17, 15) is 14.7 Å². The zero-order valence-electron chi connectivity index (χ0n) is 10.6. The molecule has 2 heterocycles. The number of nitrogens with zero attached hydrogens (tertiary/aromatic N) is 1. The van der Waals surface area contributed by atoms with Gasteiger partial charge in [-0.1, -0.05) is 17.7 Å². The Morgan fingerprint density at radius 2 is 2.00 bits per heavy atom. The highest BCUT2D eigenvalue weighted by molar-refractivity contribution is 6.31. The Hall–Kier alpha value is -2.66. The first kappa shape index (κ1) is 13.3. The average molecular weight is 301 g/mol. The maximum absolute atomic E-state index is 12.6. The first-order valence-corrected chi connectivity index (χ1v) is 6.45. The molecular formula is C15H9ClN2O3. The van der Waals surface area contributed by atoms with Crippen LogP contribution in [-0.4, -0.2) is 15.1 Å². The van der Waals surface area contributed by atoms with Gasteiger partial charge in [-0.3, -0.25) is 14.6 Å². The third-order valence-electron chi connectivity index (χ3n) is 3.10. The molecule has 3 rings (SSSR count).